The third kappa shape index (κ3) is 3.41. The number of pyridine rings is 1. The molecule has 7 nitrogen and oxygen atoms in total. The average Bonchev–Trinajstić information content (AvgIpc) is 2.66. The highest BCUT2D eigenvalue weighted by Crippen LogP contribution is 2.31. The van der Waals surface area contributed by atoms with Crippen molar-refractivity contribution in [3.8, 4) is 22.8 Å². The summed E-state index contributed by atoms with van der Waals surface area (Å²) in [5.41, 5.74) is 13.1. The Kier molecular flexibility index (Phi) is 4.70. The van der Waals surface area contributed by atoms with Gasteiger partial charge in [-0.1, -0.05) is 18.2 Å². The lowest BCUT2D eigenvalue weighted by atomic mass is 10.0. The van der Waals surface area contributed by atoms with E-state index in [2.05, 4.69) is 9.98 Å². The Morgan fingerprint density at radius 3 is 2.27 bits per heavy atom. The first kappa shape index (κ1) is 17.2. The minimum absolute atomic E-state index is 0.291. The van der Waals surface area contributed by atoms with Crippen LogP contribution in [0.25, 0.3) is 22.2 Å². The van der Waals surface area contributed by atoms with Gasteiger partial charge in [0.15, 0.2) is 5.96 Å². The van der Waals surface area contributed by atoms with E-state index in [-0.39, 0.29) is 5.96 Å². The molecule has 0 saturated heterocycles. The van der Waals surface area contributed by atoms with Crippen molar-refractivity contribution in [2.75, 3.05) is 14.2 Å². The zero-order chi connectivity index (χ0) is 18.7. The van der Waals surface area contributed by atoms with Crippen molar-refractivity contribution in [2.45, 2.75) is 0 Å². The topological polar surface area (TPSA) is 113 Å². The minimum atomic E-state index is -0.528. The molecule has 7 heteroatoms. The summed E-state index contributed by atoms with van der Waals surface area (Å²) in [6.07, 6.45) is 0. The van der Waals surface area contributed by atoms with Gasteiger partial charge in [0.05, 0.1) is 31.0 Å². The van der Waals surface area contributed by atoms with Crippen LogP contribution in [0.1, 0.15) is 10.4 Å². The Morgan fingerprint density at radius 2 is 1.65 bits per heavy atom. The average molecular weight is 350 g/mol. The molecule has 0 spiro atoms. The first-order chi connectivity index (χ1) is 12.5. The molecule has 4 N–H and O–H groups in total. The van der Waals surface area contributed by atoms with Gasteiger partial charge in [-0.05, 0) is 24.3 Å². The Labute approximate surface area is 150 Å². The van der Waals surface area contributed by atoms with Crippen LogP contribution < -0.4 is 20.9 Å². The number of hydrogen-bond acceptors (Lipinski definition) is 4. The van der Waals surface area contributed by atoms with E-state index in [1.54, 1.807) is 32.4 Å². The maximum atomic E-state index is 12.5. The van der Waals surface area contributed by atoms with Gasteiger partial charge >= 0.3 is 0 Å². The van der Waals surface area contributed by atoms with Crippen LogP contribution in [0.3, 0.4) is 0 Å². The highest BCUT2D eigenvalue weighted by atomic mass is 16.5. The maximum Gasteiger partial charge on any atom is 0.280 e. The van der Waals surface area contributed by atoms with E-state index >= 15 is 0 Å². The zero-order valence-electron chi connectivity index (χ0n) is 14.4. The van der Waals surface area contributed by atoms with Gasteiger partial charge in [0, 0.05) is 17.0 Å². The van der Waals surface area contributed by atoms with E-state index in [0.717, 1.165) is 5.56 Å². The molecule has 1 amide bonds. The SMILES string of the molecule is COc1cc(OC)cc(-c2cc(C(=O)N=C(N)N)c3ccccc3n2)c1. The molecule has 0 atom stereocenters. The number of rotatable bonds is 4. The van der Waals surface area contributed by atoms with Gasteiger partial charge in [0.2, 0.25) is 0 Å². The third-order valence-electron chi connectivity index (χ3n) is 3.82. The Balaban J connectivity index is 2.25. The second kappa shape index (κ2) is 7.10. The number of para-hydroxylation sites is 1. The number of carbonyl (C=O) groups excluding carboxylic acids is 1. The number of amides is 1. The van der Waals surface area contributed by atoms with Crippen molar-refractivity contribution >= 4 is 22.8 Å². The number of hydrogen-bond donors (Lipinski definition) is 2. The van der Waals surface area contributed by atoms with Crippen molar-refractivity contribution < 1.29 is 14.3 Å². The summed E-state index contributed by atoms with van der Waals surface area (Å²) < 4.78 is 10.6. The molecule has 132 valence electrons. The first-order valence-electron chi connectivity index (χ1n) is 7.79. The molecule has 26 heavy (non-hydrogen) atoms. The highest BCUT2D eigenvalue weighted by Gasteiger charge is 2.15. The summed E-state index contributed by atoms with van der Waals surface area (Å²) in [6.45, 7) is 0. The minimum Gasteiger partial charge on any atom is -0.497 e. The standard InChI is InChI=1S/C19H18N4O3/c1-25-12-7-11(8-13(9-12)26-2)17-10-15(18(24)23-19(20)21)14-5-3-4-6-16(14)22-17/h3-10H,1-2H3,(H4,20,21,23,24). The molecule has 0 fully saturated rings. The summed E-state index contributed by atoms with van der Waals surface area (Å²) in [6, 6.07) is 14.3. The van der Waals surface area contributed by atoms with E-state index in [9.17, 15) is 4.79 Å². The Morgan fingerprint density at radius 1 is 1.00 bits per heavy atom. The van der Waals surface area contributed by atoms with Crippen molar-refractivity contribution in [1.82, 2.24) is 4.98 Å². The number of aromatic nitrogens is 1. The predicted octanol–water partition coefficient (Wildman–Crippen LogP) is 2.33. The van der Waals surface area contributed by atoms with Gasteiger partial charge in [-0.3, -0.25) is 4.79 Å². The van der Waals surface area contributed by atoms with E-state index < -0.39 is 5.91 Å². The van der Waals surface area contributed by atoms with E-state index in [1.165, 1.54) is 0 Å². The lowest BCUT2D eigenvalue weighted by Crippen LogP contribution is -2.24. The fourth-order valence-corrected chi connectivity index (χ4v) is 2.63. The molecule has 0 unspecified atom stereocenters. The second-order valence-electron chi connectivity index (χ2n) is 5.52. The molecule has 0 saturated carbocycles. The largest absolute Gasteiger partial charge is 0.497 e. The van der Waals surface area contributed by atoms with Crippen LogP contribution in [0.15, 0.2) is 53.5 Å². The van der Waals surface area contributed by atoms with Crippen LogP contribution in [-0.4, -0.2) is 31.1 Å². The molecule has 3 aromatic rings. The van der Waals surface area contributed by atoms with Crippen molar-refractivity contribution in [2.24, 2.45) is 16.5 Å². The molecule has 0 aliphatic rings. The molecule has 0 aliphatic carbocycles. The van der Waals surface area contributed by atoms with Gasteiger partial charge in [0.1, 0.15) is 11.5 Å². The number of nitrogens with two attached hydrogens (primary N) is 2. The number of nitrogens with zero attached hydrogens (tertiary/aromatic N) is 2. The number of carbonyl (C=O) groups is 1. The summed E-state index contributed by atoms with van der Waals surface area (Å²) >= 11 is 0. The summed E-state index contributed by atoms with van der Waals surface area (Å²) in [5.74, 6) is 0.415. The molecule has 0 radical (unpaired) electrons. The van der Waals surface area contributed by atoms with Gasteiger partial charge in [-0.15, -0.1) is 0 Å². The maximum absolute atomic E-state index is 12.5. The van der Waals surface area contributed by atoms with E-state index in [1.807, 2.05) is 30.3 Å². The van der Waals surface area contributed by atoms with E-state index in [0.29, 0.717) is 33.7 Å². The van der Waals surface area contributed by atoms with Crippen LogP contribution in [0.5, 0.6) is 11.5 Å². The lowest BCUT2D eigenvalue weighted by Gasteiger charge is -2.11. The molecular weight excluding hydrogens is 332 g/mol. The molecule has 0 aliphatic heterocycles. The van der Waals surface area contributed by atoms with Crippen molar-refractivity contribution in [1.29, 1.82) is 0 Å². The smallest absolute Gasteiger partial charge is 0.280 e. The molecular formula is C19H18N4O3. The fraction of sp³-hybridized carbons (Fsp3) is 0.105. The molecule has 0 bridgehead atoms. The van der Waals surface area contributed by atoms with Crippen LogP contribution in [0.2, 0.25) is 0 Å². The van der Waals surface area contributed by atoms with Crippen molar-refractivity contribution in [3.05, 3.63) is 54.1 Å². The van der Waals surface area contributed by atoms with Gasteiger partial charge in [-0.25, -0.2) is 4.98 Å². The second-order valence-corrected chi connectivity index (χ2v) is 5.52. The molecule has 2 aromatic carbocycles. The van der Waals surface area contributed by atoms with Crippen LogP contribution >= 0.6 is 0 Å². The van der Waals surface area contributed by atoms with Crippen LogP contribution in [0, 0.1) is 0 Å². The quantitative estimate of drug-likeness (QED) is 0.551. The number of benzene rings is 2. The first-order valence-corrected chi connectivity index (χ1v) is 7.79. The predicted molar refractivity (Wildman–Crippen MR) is 100 cm³/mol. The van der Waals surface area contributed by atoms with Gasteiger partial charge in [-0.2, -0.15) is 4.99 Å². The van der Waals surface area contributed by atoms with Gasteiger partial charge < -0.3 is 20.9 Å². The highest BCUT2D eigenvalue weighted by molar-refractivity contribution is 6.10. The Hall–Kier alpha value is -3.61. The number of methoxy groups -OCH3 is 2. The number of guanidine groups is 1. The summed E-state index contributed by atoms with van der Waals surface area (Å²) in [4.78, 5) is 20.8. The number of ether oxygens (including phenoxy) is 2. The normalized spacial score (nSPS) is 10.4. The number of fused-ring (bicyclic) bond motifs is 1. The van der Waals surface area contributed by atoms with Crippen LogP contribution in [0.4, 0.5) is 0 Å². The molecule has 1 heterocycles. The van der Waals surface area contributed by atoms with E-state index in [4.69, 9.17) is 20.9 Å². The van der Waals surface area contributed by atoms with Gasteiger partial charge in [0.25, 0.3) is 5.91 Å². The lowest BCUT2D eigenvalue weighted by molar-refractivity contribution is 0.100. The van der Waals surface area contributed by atoms with Crippen molar-refractivity contribution in [3.63, 3.8) is 0 Å². The summed E-state index contributed by atoms with van der Waals surface area (Å²) in [5, 5.41) is 0.668. The number of aliphatic imine (C=N–C) groups is 1. The summed E-state index contributed by atoms with van der Waals surface area (Å²) in [7, 11) is 3.14. The fourth-order valence-electron chi connectivity index (χ4n) is 2.63. The Bertz CT molecular complexity index is 989. The zero-order valence-corrected chi connectivity index (χ0v) is 14.4. The van der Waals surface area contributed by atoms with Crippen LogP contribution in [-0.2, 0) is 0 Å². The third-order valence-corrected chi connectivity index (χ3v) is 3.82. The monoisotopic (exact) mass is 350 g/mol. The molecule has 1 aromatic heterocycles. The molecule has 3 rings (SSSR count).